The minimum Gasteiger partial charge on any atom is -0.451 e. The highest BCUT2D eigenvalue weighted by molar-refractivity contribution is 5.95. The normalized spacial score (nSPS) is 10.7. The van der Waals surface area contributed by atoms with Gasteiger partial charge in [-0.1, -0.05) is 24.3 Å². The van der Waals surface area contributed by atoms with Crippen LogP contribution in [-0.2, 0) is 6.54 Å². The monoisotopic (exact) mass is 362 g/mol. The van der Waals surface area contributed by atoms with E-state index in [4.69, 9.17) is 9.15 Å². The molecule has 0 aliphatic carbocycles. The maximum Gasteiger partial charge on any atom is 0.287 e. The number of hydrogen-bond donors (Lipinski definition) is 1. The van der Waals surface area contributed by atoms with Crippen LogP contribution < -0.4 is 10.1 Å². The Balaban J connectivity index is 1.36. The number of halogens is 1. The molecule has 0 spiro atoms. The largest absolute Gasteiger partial charge is 0.451 e. The number of nitrogens with zero attached hydrogens (tertiary/aromatic N) is 1. The third kappa shape index (κ3) is 3.95. The average Bonchev–Trinajstić information content (AvgIpc) is 3.13. The third-order valence-corrected chi connectivity index (χ3v) is 3.94. The molecular formula is C21H15FN2O3. The molecule has 2 heterocycles. The van der Waals surface area contributed by atoms with Gasteiger partial charge in [0.1, 0.15) is 17.1 Å². The van der Waals surface area contributed by atoms with Crippen molar-refractivity contribution in [3.63, 3.8) is 0 Å². The number of furan rings is 1. The number of pyridine rings is 1. The van der Waals surface area contributed by atoms with Crippen molar-refractivity contribution in [1.82, 2.24) is 10.3 Å². The Morgan fingerprint density at radius 2 is 1.89 bits per heavy atom. The molecule has 0 aliphatic heterocycles. The summed E-state index contributed by atoms with van der Waals surface area (Å²) in [5, 5.41) is 3.68. The van der Waals surface area contributed by atoms with Crippen LogP contribution in [0.25, 0.3) is 11.0 Å². The minimum absolute atomic E-state index is 0.264. The molecule has 0 radical (unpaired) electrons. The van der Waals surface area contributed by atoms with Crippen molar-refractivity contribution in [3.05, 3.63) is 90.1 Å². The van der Waals surface area contributed by atoms with Crippen LogP contribution in [0.4, 0.5) is 4.39 Å². The summed E-state index contributed by atoms with van der Waals surface area (Å²) >= 11 is 0. The Labute approximate surface area is 154 Å². The number of amides is 1. The van der Waals surface area contributed by atoms with Crippen LogP contribution in [0.1, 0.15) is 16.1 Å². The van der Waals surface area contributed by atoms with Gasteiger partial charge in [-0.05, 0) is 42.0 Å². The third-order valence-electron chi connectivity index (χ3n) is 3.94. The predicted molar refractivity (Wildman–Crippen MR) is 98.1 cm³/mol. The Morgan fingerprint density at radius 3 is 2.63 bits per heavy atom. The summed E-state index contributed by atoms with van der Waals surface area (Å²) in [6, 6.07) is 18.3. The van der Waals surface area contributed by atoms with Crippen molar-refractivity contribution >= 4 is 16.9 Å². The minimum atomic E-state index is -0.328. The molecule has 0 unspecified atom stereocenters. The molecule has 0 saturated carbocycles. The molecule has 0 atom stereocenters. The quantitative estimate of drug-likeness (QED) is 0.559. The van der Waals surface area contributed by atoms with E-state index in [1.54, 1.807) is 24.4 Å². The number of nitrogens with one attached hydrogen (secondary N) is 1. The Bertz CT molecular complexity index is 1040. The number of para-hydroxylation sites is 1. The molecule has 0 saturated heterocycles. The summed E-state index contributed by atoms with van der Waals surface area (Å²) in [4.78, 5) is 16.4. The van der Waals surface area contributed by atoms with Crippen molar-refractivity contribution in [1.29, 1.82) is 0 Å². The number of ether oxygens (including phenoxy) is 1. The predicted octanol–water partition coefficient (Wildman–Crippen LogP) is 4.69. The molecule has 0 aliphatic rings. The van der Waals surface area contributed by atoms with Gasteiger partial charge < -0.3 is 14.5 Å². The lowest BCUT2D eigenvalue weighted by Crippen LogP contribution is -2.22. The molecule has 1 N–H and O–H groups in total. The summed E-state index contributed by atoms with van der Waals surface area (Å²) in [5.41, 5.74) is 1.48. The van der Waals surface area contributed by atoms with Gasteiger partial charge in [0, 0.05) is 24.2 Å². The number of carbonyl (C=O) groups excluding carboxylic acids is 1. The number of hydrogen-bond acceptors (Lipinski definition) is 4. The van der Waals surface area contributed by atoms with Crippen LogP contribution in [0.15, 0.2) is 77.3 Å². The van der Waals surface area contributed by atoms with E-state index in [1.165, 1.54) is 24.3 Å². The van der Waals surface area contributed by atoms with Gasteiger partial charge in [0.25, 0.3) is 5.91 Å². The zero-order valence-electron chi connectivity index (χ0n) is 14.2. The fourth-order valence-electron chi connectivity index (χ4n) is 2.56. The lowest BCUT2D eigenvalue weighted by atomic mass is 10.2. The Hall–Kier alpha value is -3.67. The SMILES string of the molecule is O=C(NCc1ccc(Oc2ccc(F)cc2)nc1)c1cc2ccccc2o1. The van der Waals surface area contributed by atoms with Crippen LogP contribution in [0.2, 0.25) is 0 Å². The number of rotatable bonds is 5. The van der Waals surface area contributed by atoms with Crippen molar-refractivity contribution in [2.45, 2.75) is 6.54 Å². The zero-order valence-corrected chi connectivity index (χ0v) is 14.2. The van der Waals surface area contributed by atoms with E-state index in [1.807, 2.05) is 24.3 Å². The molecule has 1 amide bonds. The lowest BCUT2D eigenvalue weighted by molar-refractivity contribution is 0.0925. The number of fused-ring (bicyclic) bond motifs is 1. The summed E-state index contributed by atoms with van der Waals surface area (Å²) in [6.45, 7) is 0.305. The second kappa shape index (κ2) is 7.29. The van der Waals surface area contributed by atoms with Crippen LogP contribution in [0.5, 0.6) is 11.6 Å². The fraction of sp³-hybridized carbons (Fsp3) is 0.0476. The summed E-state index contributed by atoms with van der Waals surface area (Å²) in [6.07, 6.45) is 1.61. The van der Waals surface area contributed by atoms with E-state index in [2.05, 4.69) is 10.3 Å². The molecule has 0 bridgehead atoms. The van der Waals surface area contributed by atoms with Gasteiger partial charge in [-0.25, -0.2) is 9.37 Å². The molecule has 5 nitrogen and oxygen atoms in total. The standard InChI is InChI=1S/C21H15FN2O3/c22-16-6-8-17(9-7-16)26-20-10-5-14(12-23-20)13-24-21(25)19-11-15-3-1-2-4-18(15)27-19/h1-12H,13H2,(H,24,25). The zero-order chi connectivity index (χ0) is 18.6. The van der Waals surface area contributed by atoms with Crippen molar-refractivity contribution in [2.75, 3.05) is 0 Å². The molecule has 2 aromatic heterocycles. The second-order valence-electron chi connectivity index (χ2n) is 5.89. The highest BCUT2D eigenvalue weighted by atomic mass is 19.1. The maximum absolute atomic E-state index is 12.9. The van der Waals surface area contributed by atoms with Crippen LogP contribution in [0.3, 0.4) is 0 Å². The van der Waals surface area contributed by atoms with Gasteiger partial charge >= 0.3 is 0 Å². The first-order valence-electron chi connectivity index (χ1n) is 8.32. The average molecular weight is 362 g/mol. The van der Waals surface area contributed by atoms with Gasteiger partial charge in [0.15, 0.2) is 5.76 Å². The van der Waals surface area contributed by atoms with E-state index in [-0.39, 0.29) is 17.5 Å². The highest BCUT2D eigenvalue weighted by Gasteiger charge is 2.11. The van der Waals surface area contributed by atoms with E-state index in [0.717, 1.165) is 10.9 Å². The molecular weight excluding hydrogens is 347 g/mol. The molecule has 4 rings (SSSR count). The smallest absolute Gasteiger partial charge is 0.287 e. The van der Waals surface area contributed by atoms with E-state index in [0.29, 0.717) is 23.8 Å². The molecule has 2 aromatic carbocycles. The Kier molecular flexibility index (Phi) is 4.53. The lowest BCUT2D eigenvalue weighted by Gasteiger charge is -2.06. The topological polar surface area (TPSA) is 64.4 Å². The van der Waals surface area contributed by atoms with Crippen LogP contribution >= 0.6 is 0 Å². The Morgan fingerprint density at radius 1 is 1.07 bits per heavy atom. The summed E-state index contributed by atoms with van der Waals surface area (Å²) < 4.78 is 24.0. The van der Waals surface area contributed by atoms with Gasteiger partial charge in [-0.15, -0.1) is 0 Å². The molecule has 134 valence electrons. The first-order valence-corrected chi connectivity index (χ1v) is 8.32. The van der Waals surface area contributed by atoms with E-state index in [9.17, 15) is 9.18 Å². The van der Waals surface area contributed by atoms with Crippen molar-refractivity contribution in [3.8, 4) is 11.6 Å². The highest BCUT2D eigenvalue weighted by Crippen LogP contribution is 2.20. The van der Waals surface area contributed by atoms with E-state index >= 15 is 0 Å². The molecule has 0 fully saturated rings. The van der Waals surface area contributed by atoms with Crippen molar-refractivity contribution < 1.29 is 18.3 Å². The first kappa shape index (κ1) is 16.8. The summed E-state index contributed by atoms with van der Waals surface area (Å²) in [7, 11) is 0. The molecule has 4 aromatic rings. The van der Waals surface area contributed by atoms with Gasteiger partial charge in [0.05, 0.1) is 0 Å². The first-order chi connectivity index (χ1) is 13.2. The van der Waals surface area contributed by atoms with Crippen LogP contribution in [-0.4, -0.2) is 10.9 Å². The maximum atomic E-state index is 12.9. The van der Waals surface area contributed by atoms with Gasteiger partial charge in [-0.2, -0.15) is 0 Å². The molecule has 27 heavy (non-hydrogen) atoms. The number of benzene rings is 2. The van der Waals surface area contributed by atoms with Crippen molar-refractivity contribution in [2.24, 2.45) is 0 Å². The second-order valence-corrected chi connectivity index (χ2v) is 5.89. The number of aromatic nitrogens is 1. The van der Waals surface area contributed by atoms with Gasteiger partial charge in [0.2, 0.25) is 5.88 Å². The summed E-state index contributed by atoms with van der Waals surface area (Å²) in [5.74, 6) is 0.521. The van der Waals surface area contributed by atoms with Crippen LogP contribution in [0, 0.1) is 5.82 Å². The van der Waals surface area contributed by atoms with Gasteiger partial charge in [-0.3, -0.25) is 4.79 Å². The van der Waals surface area contributed by atoms with E-state index < -0.39 is 0 Å². The number of carbonyl (C=O) groups is 1. The fourth-order valence-corrected chi connectivity index (χ4v) is 2.56. The molecule has 6 heteroatoms.